The highest BCUT2D eigenvalue weighted by atomic mass is 32.2. The number of hydrogen-bond acceptors (Lipinski definition) is 6. The molecule has 0 aromatic carbocycles. The Labute approximate surface area is 128 Å². The predicted octanol–water partition coefficient (Wildman–Crippen LogP) is 0.818. The van der Waals surface area contributed by atoms with E-state index in [4.69, 9.17) is 5.73 Å². The van der Waals surface area contributed by atoms with E-state index in [0.717, 1.165) is 17.0 Å². The second-order valence-corrected chi connectivity index (χ2v) is 7.69. The Bertz CT molecular complexity index is 692. The predicted molar refractivity (Wildman–Crippen MR) is 81.4 cm³/mol. The van der Waals surface area contributed by atoms with E-state index in [1.54, 1.807) is 23.4 Å². The van der Waals surface area contributed by atoms with Gasteiger partial charge < -0.3 is 5.73 Å². The molecule has 0 atom stereocenters. The molecule has 0 spiro atoms. The Morgan fingerprint density at radius 1 is 1.48 bits per heavy atom. The maximum atomic E-state index is 12.5. The Morgan fingerprint density at radius 2 is 2.24 bits per heavy atom. The molecule has 0 fully saturated rings. The first-order valence-corrected chi connectivity index (χ1v) is 8.85. The molecule has 7 nitrogen and oxygen atoms in total. The SMILES string of the molecule is Cc1ncsc1CN(C)S(=O)(=O)c1cnn(CCCN)c1. The third-order valence-electron chi connectivity index (χ3n) is 3.12. The maximum absolute atomic E-state index is 12.5. The maximum Gasteiger partial charge on any atom is 0.246 e. The van der Waals surface area contributed by atoms with E-state index in [2.05, 4.69) is 10.1 Å². The van der Waals surface area contributed by atoms with Crippen molar-refractivity contribution in [2.24, 2.45) is 5.73 Å². The van der Waals surface area contributed by atoms with Crippen LogP contribution in [0, 0.1) is 6.92 Å². The number of thiazole rings is 1. The van der Waals surface area contributed by atoms with Crippen molar-refractivity contribution in [3.05, 3.63) is 28.5 Å². The number of rotatable bonds is 7. The van der Waals surface area contributed by atoms with Crippen LogP contribution in [0.5, 0.6) is 0 Å². The van der Waals surface area contributed by atoms with Crippen molar-refractivity contribution in [1.82, 2.24) is 19.1 Å². The normalized spacial score (nSPS) is 12.2. The van der Waals surface area contributed by atoms with Crippen LogP contribution in [0.3, 0.4) is 0 Å². The average molecular weight is 329 g/mol. The van der Waals surface area contributed by atoms with Crippen molar-refractivity contribution in [2.75, 3.05) is 13.6 Å². The largest absolute Gasteiger partial charge is 0.330 e. The van der Waals surface area contributed by atoms with Gasteiger partial charge in [0.25, 0.3) is 0 Å². The Kier molecular flexibility index (Phi) is 5.09. The number of hydrogen-bond donors (Lipinski definition) is 1. The molecule has 2 rings (SSSR count). The minimum Gasteiger partial charge on any atom is -0.330 e. The molecule has 2 aromatic rings. The van der Waals surface area contributed by atoms with Crippen molar-refractivity contribution in [3.8, 4) is 0 Å². The van der Waals surface area contributed by atoms with Crippen molar-refractivity contribution < 1.29 is 8.42 Å². The summed E-state index contributed by atoms with van der Waals surface area (Å²) in [6.07, 6.45) is 3.68. The average Bonchev–Trinajstić information content (AvgIpc) is 3.06. The topological polar surface area (TPSA) is 94.1 Å². The van der Waals surface area contributed by atoms with Crippen LogP contribution in [0.15, 0.2) is 22.8 Å². The van der Waals surface area contributed by atoms with Crippen molar-refractivity contribution >= 4 is 21.4 Å². The lowest BCUT2D eigenvalue weighted by Crippen LogP contribution is -2.26. The van der Waals surface area contributed by atoms with E-state index in [0.29, 0.717) is 19.6 Å². The summed E-state index contributed by atoms with van der Waals surface area (Å²) in [7, 11) is -1.98. The van der Waals surface area contributed by atoms with E-state index in [1.165, 1.54) is 21.8 Å². The third kappa shape index (κ3) is 3.67. The van der Waals surface area contributed by atoms with E-state index in [-0.39, 0.29) is 4.90 Å². The molecule has 0 saturated carbocycles. The minimum absolute atomic E-state index is 0.198. The zero-order valence-corrected chi connectivity index (χ0v) is 13.7. The van der Waals surface area contributed by atoms with Gasteiger partial charge in [0.1, 0.15) is 4.90 Å². The van der Waals surface area contributed by atoms with Crippen LogP contribution in [-0.4, -0.2) is 41.1 Å². The first-order chi connectivity index (χ1) is 9.95. The molecule has 0 bridgehead atoms. The highest BCUT2D eigenvalue weighted by Crippen LogP contribution is 2.20. The van der Waals surface area contributed by atoms with Gasteiger partial charge in [0.15, 0.2) is 0 Å². The highest BCUT2D eigenvalue weighted by Gasteiger charge is 2.23. The first-order valence-electron chi connectivity index (χ1n) is 6.53. The van der Waals surface area contributed by atoms with Crippen LogP contribution in [0.4, 0.5) is 0 Å². The summed E-state index contributed by atoms with van der Waals surface area (Å²) in [6.45, 7) is 3.35. The van der Waals surface area contributed by atoms with E-state index < -0.39 is 10.0 Å². The summed E-state index contributed by atoms with van der Waals surface area (Å²) in [6, 6.07) is 0. The number of nitrogens with zero attached hydrogens (tertiary/aromatic N) is 4. The fourth-order valence-electron chi connectivity index (χ4n) is 1.80. The standard InChI is InChI=1S/C12H19N5O2S2/c1-10-12(20-9-14-10)8-16(2)21(18,19)11-6-15-17(7-11)5-3-4-13/h6-7,9H,3-5,8,13H2,1-2H3. The minimum atomic E-state index is -3.54. The lowest BCUT2D eigenvalue weighted by atomic mass is 10.4. The molecule has 0 unspecified atom stereocenters. The van der Waals surface area contributed by atoms with Crippen LogP contribution in [0.25, 0.3) is 0 Å². The molecular formula is C12H19N5O2S2. The Morgan fingerprint density at radius 3 is 2.86 bits per heavy atom. The van der Waals surface area contributed by atoms with Crippen LogP contribution >= 0.6 is 11.3 Å². The van der Waals surface area contributed by atoms with E-state index in [1.807, 2.05) is 6.92 Å². The molecule has 2 aromatic heterocycles. The molecule has 0 saturated heterocycles. The van der Waals surface area contributed by atoms with E-state index in [9.17, 15) is 8.42 Å². The number of sulfonamides is 1. The van der Waals surface area contributed by atoms with Crippen LogP contribution in [0.2, 0.25) is 0 Å². The Balaban J connectivity index is 2.13. The van der Waals surface area contributed by atoms with Gasteiger partial charge in [-0.3, -0.25) is 4.68 Å². The van der Waals surface area contributed by atoms with Gasteiger partial charge in [-0.05, 0) is 19.9 Å². The number of aromatic nitrogens is 3. The summed E-state index contributed by atoms with van der Waals surface area (Å²) in [5.41, 5.74) is 8.01. The van der Waals surface area contributed by atoms with Crippen molar-refractivity contribution in [2.45, 2.75) is 31.3 Å². The van der Waals surface area contributed by atoms with Crippen LogP contribution < -0.4 is 5.73 Å². The van der Waals surface area contributed by atoms with Gasteiger partial charge in [0.05, 0.1) is 17.4 Å². The Hall–Kier alpha value is -1.29. The van der Waals surface area contributed by atoms with Gasteiger partial charge >= 0.3 is 0 Å². The second-order valence-electron chi connectivity index (χ2n) is 4.70. The molecule has 0 aliphatic carbocycles. The van der Waals surface area contributed by atoms with Gasteiger partial charge in [0.2, 0.25) is 10.0 Å². The van der Waals surface area contributed by atoms with E-state index >= 15 is 0 Å². The zero-order valence-electron chi connectivity index (χ0n) is 12.1. The molecule has 0 aliphatic rings. The lowest BCUT2D eigenvalue weighted by molar-refractivity contribution is 0.468. The second kappa shape index (κ2) is 6.65. The molecule has 2 N–H and O–H groups in total. The summed E-state index contributed by atoms with van der Waals surface area (Å²) in [5, 5.41) is 4.06. The quantitative estimate of drug-likeness (QED) is 0.811. The molecule has 0 aliphatic heterocycles. The highest BCUT2D eigenvalue weighted by molar-refractivity contribution is 7.89. The van der Waals surface area contributed by atoms with Gasteiger partial charge in [-0.2, -0.15) is 9.40 Å². The zero-order chi connectivity index (χ0) is 15.5. The lowest BCUT2D eigenvalue weighted by Gasteiger charge is -2.15. The molecule has 2 heterocycles. The third-order valence-corrected chi connectivity index (χ3v) is 5.80. The summed E-state index contributed by atoms with van der Waals surface area (Å²) >= 11 is 1.45. The molecule has 116 valence electrons. The summed E-state index contributed by atoms with van der Waals surface area (Å²) in [5.74, 6) is 0. The molecule has 0 amide bonds. The fraction of sp³-hybridized carbons (Fsp3) is 0.500. The van der Waals surface area contributed by atoms with Gasteiger partial charge in [-0.1, -0.05) is 0 Å². The summed E-state index contributed by atoms with van der Waals surface area (Å²) in [4.78, 5) is 5.27. The van der Waals surface area contributed by atoms with Crippen LogP contribution in [0.1, 0.15) is 17.0 Å². The fourth-order valence-corrected chi connectivity index (χ4v) is 3.80. The van der Waals surface area contributed by atoms with Gasteiger partial charge in [0, 0.05) is 31.2 Å². The summed E-state index contributed by atoms with van der Waals surface area (Å²) < 4.78 is 27.9. The number of nitrogens with two attached hydrogens (primary N) is 1. The smallest absolute Gasteiger partial charge is 0.246 e. The number of aryl methyl sites for hydroxylation is 2. The monoisotopic (exact) mass is 329 g/mol. The first kappa shape index (κ1) is 16.1. The van der Waals surface area contributed by atoms with Gasteiger partial charge in [-0.15, -0.1) is 11.3 Å². The van der Waals surface area contributed by atoms with Crippen molar-refractivity contribution in [3.63, 3.8) is 0 Å². The molecular weight excluding hydrogens is 310 g/mol. The molecule has 0 radical (unpaired) electrons. The van der Waals surface area contributed by atoms with Crippen LogP contribution in [-0.2, 0) is 23.1 Å². The van der Waals surface area contributed by atoms with Gasteiger partial charge in [-0.25, -0.2) is 13.4 Å². The molecule has 9 heteroatoms. The van der Waals surface area contributed by atoms with Crippen molar-refractivity contribution in [1.29, 1.82) is 0 Å². The molecule has 21 heavy (non-hydrogen) atoms.